The Bertz CT molecular complexity index is 1040. The van der Waals surface area contributed by atoms with E-state index in [1.165, 1.54) is 10.7 Å². The Morgan fingerprint density at radius 1 is 1.10 bits per heavy atom. The van der Waals surface area contributed by atoms with Gasteiger partial charge < -0.3 is 19.9 Å². The molecule has 10 nitrogen and oxygen atoms in total. The first-order valence-corrected chi connectivity index (χ1v) is 9.96. The molecule has 2 heterocycles. The lowest BCUT2D eigenvalue weighted by atomic mass is 10.2. The lowest BCUT2D eigenvalue weighted by Crippen LogP contribution is -2.13. The van der Waals surface area contributed by atoms with Crippen LogP contribution in [0.3, 0.4) is 0 Å². The van der Waals surface area contributed by atoms with Crippen LogP contribution in [0.5, 0.6) is 11.5 Å². The van der Waals surface area contributed by atoms with E-state index in [1.54, 1.807) is 23.3 Å². The number of aryl methyl sites for hydroxylation is 1. The van der Waals surface area contributed by atoms with E-state index in [9.17, 15) is 9.59 Å². The van der Waals surface area contributed by atoms with Gasteiger partial charge in [-0.2, -0.15) is 10.2 Å². The molecule has 0 fully saturated rings. The summed E-state index contributed by atoms with van der Waals surface area (Å²) in [5.41, 5.74) is 1.71. The second kappa shape index (κ2) is 10.3. The molecule has 10 heteroatoms. The fourth-order valence-corrected chi connectivity index (χ4v) is 2.91. The van der Waals surface area contributed by atoms with Gasteiger partial charge in [-0.25, -0.2) is 0 Å². The predicted molar refractivity (Wildman–Crippen MR) is 113 cm³/mol. The number of nitrogens with one attached hydrogen (secondary N) is 1. The molecule has 0 aliphatic rings. The number of hydrogen-bond acceptors (Lipinski definition) is 6. The van der Waals surface area contributed by atoms with Crippen molar-refractivity contribution in [3.8, 4) is 11.5 Å². The number of benzene rings is 1. The molecule has 1 aromatic carbocycles. The zero-order valence-electron chi connectivity index (χ0n) is 17.4. The molecule has 0 aliphatic carbocycles. The molecule has 164 valence electrons. The topological polar surface area (TPSA) is 120 Å². The number of carbonyl (C=O) groups excluding carboxylic acids is 1. The summed E-state index contributed by atoms with van der Waals surface area (Å²) in [6, 6.07) is 7.27. The van der Waals surface area contributed by atoms with Crippen LogP contribution in [0.1, 0.15) is 36.3 Å². The molecule has 0 unspecified atom stereocenters. The Morgan fingerprint density at radius 2 is 1.87 bits per heavy atom. The van der Waals surface area contributed by atoms with E-state index in [2.05, 4.69) is 15.5 Å². The molecule has 0 saturated heterocycles. The molecule has 0 bridgehead atoms. The standard InChI is InChI=1S/C21H25N5O5/c1-3-30-18-6-5-15(11-19(18)31-4-2)13-26-14-16(12-22-26)23-21(29)17-7-9-25(24-17)10-8-20(27)28/h5-7,9,11-12,14H,3-4,8,10,13H2,1-2H3,(H,23,29)(H,27,28). The Kier molecular flexibility index (Phi) is 7.26. The molecule has 31 heavy (non-hydrogen) atoms. The Hall–Kier alpha value is -3.82. The van der Waals surface area contributed by atoms with Crippen LogP contribution in [0.15, 0.2) is 42.9 Å². The number of amides is 1. The number of hydrogen-bond donors (Lipinski definition) is 2. The molecule has 0 saturated carbocycles. The highest BCUT2D eigenvalue weighted by atomic mass is 16.5. The van der Waals surface area contributed by atoms with Gasteiger partial charge in [0.2, 0.25) is 0 Å². The normalized spacial score (nSPS) is 10.6. The zero-order valence-corrected chi connectivity index (χ0v) is 17.4. The Morgan fingerprint density at radius 3 is 2.61 bits per heavy atom. The number of carboxylic acids is 1. The van der Waals surface area contributed by atoms with Gasteiger partial charge in [-0.1, -0.05) is 6.07 Å². The van der Waals surface area contributed by atoms with E-state index >= 15 is 0 Å². The van der Waals surface area contributed by atoms with E-state index in [4.69, 9.17) is 14.6 Å². The van der Waals surface area contributed by atoms with Crippen LogP contribution >= 0.6 is 0 Å². The third-order valence-electron chi connectivity index (χ3n) is 4.27. The largest absolute Gasteiger partial charge is 0.490 e. The van der Waals surface area contributed by atoms with Gasteiger partial charge in [0.25, 0.3) is 5.91 Å². The van der Waals surface area contributed by atoms with Crippen molar-refractivity contribution < 1.29 is 24.2 Å². The molecule has 0 atom stereocenters. The lowest BCUT2D eigenvalue weighted by molar-refractivity contribution is -0.137. The van der Waals surface area contributed by atoms with Gasteiger partial charge in [0.1, 0.15) is 0 Å². The average molecular weight is 427 g/mol. The summed E-state index contributed by atoms with van der Waals surface area (Å²) in [6.45, 7) is 5.62. The van der Waals surface area contributed by atoms with E-state index in [0.29, 0.717) is 36.9 Å². The van der Waals surface area contributed by atoms with Gasteiger partial charge in [0.15, 0.2) is 17.2 Å². The quantitative estimate of drug-likeness (QED) is 0.483. The van der Waals surface area contributed by atoms with Gasteiger partial charge in [-0.05, 0) is 37.6 Å². The first-order valence-electron chi connectivity index (χ1n) is 9.96. The van der Waals surface area contributed by atoms with Crippen LogP contribution in [0.2, 0.25) is 0 Å². The van der Waals surface area contributed by atoms with Gasteiger partial charge in [-0.15, -0.1) is 0 Å². The van der Waals surface area contributed by atoms with Crippen molar-refractivity contribution in [3.63, 3.8) is 0 Å². The van der Waals surface area contributed by atoms with Crippen LogP contribution in [0.4, 0.5) is 5.69 Å². The smallest absolute Gasteiger partial charge is 0.305 e. The molecular formula is C21H25N5O5. The summed E-state index contributed by atoms with van der Waals surface area (Å²) in [6.07, 6.45) is 4.78. The van der Waals surface area contributed by atoms with E-state index in [0.717, 1.165) is 5.56 Å². The molecule has 0 spiro atoms. The maximum absolute atomic E-state index is 12.4. The minimum atomic E-state index is -0.921. The Labute approximate surface area is 179 Å². The van der Waals surface area contributed by atoms with Crippen molar-refractivity contribution >= 4 is 17.6 Å². The second-order valence-electron chi connectivity index (χ2n) is 6.64. The van der Waals surface area contributed by atoms with Crippen LogP contribution in [0, 0.1) is 0 Å². The van der Waals surface area contributed by atoms with Crippen molar-refractivity contribution in [2.75, 3.05) is 18.5 Å². The summed E-state index contributed by atoms with van der Waals surface area (Å²) in [5.74, 6) is 0.0634. The number of aromatic nitrogens is 4. The molecule has 3 rings (SSSR count). The van der Waals surface area contributed by atoms with Gasteiger partial charge in [0.05, 0.1) is 44.6 Å². The highest BCUT2D eigenvalue weighted by Crippen LogP contribution is 2.29. The number of carboxylic acid groups (broad SMARTS) is 1. The van der Waals surface area contributed by atoms with Crippen LogP contribution in [-0.4, -0.2) is 49.8 Å². The van der Waals surface area contributed by atoms with E-state index in [-0.39, 0.29) is 18.7 Å². The molecular weight excluding hydrogens is 402 g/mol. The maximum atomic E-state index is 12.4. The maximum Gasteiger partial charge on any atom is 0.305 e. The third-order valence-corrected chi connectivity index (χ3v) is 4.27. The first kappa shape index (κ1) is 21.9. The second-order valence-corrected chi connectivity index (χ2v) is 6.64. The molecule has 2 N–H and O–H groups in total. The molecule has 2 aromatic heterocycles. The SMILES string of the molecule is CCOc1ccc(Cn2cc(NC(=O)c3ccn(CCC(=O)O)n3)cn2)cc1OCC. The fourth-order valence-electron chi connectivity index (χ4n) is 2.91. The number of ether oxygens (including phenoxy) is 2. The molecule has 0 aliphatic heterocycles. The molecule has 1 amide bonds. The fraction of sp³-hybridized carbons (Fsp3) is 0.333. The first-order chi connectivity index (χ1) is 15.0. The van der Waals surface area contributed by atoms with Crippen molar-refractivity contribution in [1.82, 2.24) is 19.6 Å². The average Bonchev–Trinajstić information content (AvgIpc) is 3.38. The van der Waals surface area contributed by atoms with E-state index < -0.39 is 11.9 Å². The molecule has 0 radical (unpaired) electrons. The summed E-state index contributed by atoms with van der Waals surface area (Å²) < 4.78 is 14.4. The van der Waals surface area contributed by atoms with Gasteiger partial charge in [0, 0.05) is 12.4 Å². The molecule has 3 aromatic rings. The minimum Gasteiger partial charge on any atom is -0.490 e. The number of nitrogens with zero attached hydrogens (tertiary/aromatic N) is 4. The Balaban J connectivity index is 1.62. The number of carbonyl (C=O) groups is 2. The third kappa shape index (κ3) is 6.08. The summed E-state index contributed by atoms with van der Waals surface area (Å²) >= 11 is 0. The summed E-state index contributed by atoms with van der Waals surface area (Å²) in [7, 11) is 0. The highest BCUT2D eigenvalue weighted by Gasteiger charge is 2.12. The van der Waals surface area contributed by atoms with Crippen molar-refractivity contribution in [2.45, 2.75) is 33.4 Å². The number of aliphatic carboxylic acids is 1. The summed E-state index contributed by atoms with van der Waals surface area (Å²) in [4.78, 5) is 23.0. The predicted octanol–water partition coefficient (Wildman–Crippen LogP) is 2.65. The number of anilines is 1. The van der Waals surface area contributed by atoms with Crippen molar-refractivity contribution in [3.05, 3.63) is 54.1 Å². The van der Waals surface area contributed by atoms with Crippen LogP contribution in [0.25, 0.3) is 0 Å². The van der Waals surface area contributed by atoms with Crippen LogP contribution < -0.4 is 14.8 Å². The summed E-state index contributed by atoms with van der Waals surface area (Å²) in [5, 5.41) is 19.8. The minimum absolute atomic E-state index is 0.0634. The van der Waals surface area contributed by atoms with Gasteiger partial charge in [-0.3, -0.25) is 19.0 Å². The van der Waals surface area contributed by atoms with Gasteiger partial charge >= 0.3 is 5.97 Å². The van der Waals surface area contributed by atoms with Crippen molar-refractivity contribution in [1.29, 1.82) is 0 Å². The highest BCUT2D eigenvalue weighted by molar-refractivity contribution is 6.02. The zero-order chi connectivity index (χ0) is 22.2. The monoisotopic (exact) mass is 427 g/mol. The van der Waals surface area contributed by atoms with Crippen molar-refractivity contribution in [2.24, 2.45) is 0 Å². The lowest BCUT2D eigenvalue weighted by Gasteiger charge is -2.12. The van der Waals surface area contributed by atoms with Crippen LogP contribution in [-0.2, 0) is 17.9 Å². The van der Waals surface area contributed by atoms with E-state index in [1.807, 2.05) is 32.0 Å². The number of rotatable bonds is 11.